The number of anilines is 1. The third-order valence-corrected chi connectivity index (χ3v) is 6.85. The Hall–Kier alpha value is -5.52. The van der Waals surface area contributed by atoms with Crippen molar-refractivity contribution in [1.82, 2.24) is 15.5 Å². The Morgan fingerprint density at radius 1 is 0.867 bits per heavy atom. The van der Waals surface area contributed by atoms with E-state index in [9.17, 15) is 27.6 Å². The highest BCUT2D eigenvalue weighted by Crippen LogP contribution is 2.34. The van der Waals surface area contributed by atoms with Gasteiger partial charge in [0.1, 0.15) is 0 Å². The number of hydrogen-bond donors (Lipinski definition) is 2. The van der Waals surface area contributed by atoms with Gasteiger partial charge in [-0.25, -0.2) is 4.79 Å². The lowest BCUT2D eigenvalue weighted by Gasteiger charge is -2.16. The monoisotopic (exact) mass is 616 g/mol. The van der Waals surface area contributed by atoms with Crippen LogP contribution in [-0.4, -0.2) is 41.6 Å². The third kappa shape index (κ3) is 6.85. The van der Waals surface area contributed by atoms with Gasteiger partial charge in [0.15, 0.2) is 0 Å². The highest BCUT2D eigenvalue weighted by Gasteiger charge is 2.38. The van der Waals surface area contributed by atoms with Gasteiger partial charge in [-0.05, 0) is 76.3 Å². The van der Waals surface area contributed by atoms with Crippen LogP contribution in [0.3, 0.4) is 0 Å². The minimum absolute atomic E-state index is 0.0988. The van der Waals surface area contributed by atoms with E-state index < -0.39 is 23.9 Å². The third-order valence-electron chi connectivity index (χ3n) is 6.85. The van der Waals surface area contributed by atoms with Crippen LogP contribution in [0.5, 0.6) is 0 Å². The maximum absolute atomic E-state index is 13.7. The number of esters is 1. The Kier molecular flexibility index (Phi) is 8.66. The SMILES string of the molecule is COC(=O)c1cc(C(=O)NCC(C)C)ccc1-c1cc2ccccc2cc1C(=O)Nc1ccc(-c2noc(C(F)(F)F)n2)cc1. The number of hydrogen-bond acceptors (Lipinski definition) is 7. The molecule has 1 heterocycles. The molecule has 0 atom stereocenters. The van der Waals surface area contributed by atoms with E-state index in [1.165, 1.54) is 37.4 Å². The molecule has 0 spiro atoms. The summed E-state index contributed by atoms with van der Waals surface area (Å²) in [7, 11) is 1.23. The molecule has 2 N–H and O–H groups in total. The van der Waals surface area contributed by atoms with Crippen LogP contribution in [0.15, 0.2) is 83.4 Å². The summed E-state index contributed by atoms with van der Waals surface area (Å²) in [4.78, 5) is 42.9. The van der Waals surface area contributed by atoms with E-state index in [2.05, 4.69) is 25.3 Å². The first kappa shape index (κ1) is 30.9. The standard InChI is InChI=1S/C33H27F3N4O5/c1-18(2)17-37-29(41)22-10-13-24(27(16-22)31(43)44-3)25-14-20-6-4-5-7-21(20)15-26(25)30(42)38-23-11-8-19(9-12-23)28-39-32(45-40-28)33(34,35)36/h4-16,18H,17H2,1-3H3,(H,37,41)(H,38,42). The van der Waals surface area contributed by atoms with Crippen LogP contribution in [-0.2, 0) is 10.9 Å². The van der Waals surface area contributed by atoms with Gasteiger partial charge in [-0.1, -0.05) is 49.3 Å². The molecule has 5 rings (SSSR count). The highest BCUT2D eigenvalue weighted by atomic mass is 19.4. The first-order valence-electron chi connectivity index (χ1n) is 13.8. The molecule has 12 heteroatoms. The van der Waals surface area contributed by atoms with E-state index in [0.717, 1.165) is 10.8 Å². The van der Waals surface area contributed by atoms with Crippen molar-refractivity contribution >= 4 is 34.2 Å². The summed E-state index contributed by atoms with van der Waals surface area (Å²) in [5.41, 5.74) is 1.98. The molecular weight excluding hydrogens is 589 g/mol. The van der Waals surface area contributed by atoms with Gasteiger partial charge in [-0.3, -0.25) is 9.59 Å². The second-order valence-corrected chi connectivity index (χ2v) is 10.6. The predicted molar refractivity (Wildman–Crippen MR) is 161 cm³/mol. The lowest BCUT2D eigenvalue weighted by molar-refractivity contribution is -0.159. The fourth-order valence-electron chi connectivity index (χ4n) is 4.61. The molecule has 4 aromatic carbocycles. The number of carbonyl (C=O) groups is 3. The van der Waals surface area contributed by atoms with Gasteiger partial charge in [-0.15, -0.1) is 0 Å². The van der Waals surface area contributed by atoms with Crippen molar-refractivity contribution in [3.8, 4) is 22.5 Å². The van der Waals surface area contributed by atoms with Crippen molar-refractivity contribution in [2.45, 2.75) is 20.0 Å². The zero-order valence-electron chi connectivity index (χ0n) is 24.4. The molecule has 0 unspecified atom stereocenters. The molecule has 230 valence electrons. The average molecular weight is 617 g/mol. The molecule has 5 aromatic rings. The van der Waals surface area contributed by atoms with Gasteiger partial charge in [0.05, 0.1) is 12.7 Å². The summed E-state index contributed by atoms with van der Waals surface area (Å²) in [6.07, 6.45) is -4.77. The Morgan fingerprint density at radius 3 is 2.18 bits per heavy atom. The van der Waals surface area contributed by atoms with Crippen LogP contribution in [0.1, 0.15) is 50.8 Å². The number of nitrogens with one attached hydrogen (secondary N) is 2. The summed E-state index contributed by atoms with van der Waals surface area (Å²) in [5.74, 6) is -3.05. The fraction of sp³-hybridized carbons (Fsp3) is 0.182. The Bertz CT molecular complexity index is 1900. The molecule has 45 heavy (non-hydrogen) atoms. The first-order chi connectivity index (χ1) is 21.4. The second-order valence-electron chi connectivity index (χ2n) is 10.6. The van der Waals surface area contributed by atoms with E-state index in [-0.39, 0.29) is 39.9 Å². The van der Waals surface area contributed by atoms with Crippen LogP contribution >= 0.6 is 0 Å². The van der Waals surface area contributed by atoms with E-state index in [1.807, 2.05) is 38.1 Å². The molecule has 1 aromatic heterocycles. The summed E-state index contributed by atoms with van der Waals surface area (Å²) in [6, 6.07) is 21.3. The van der Waals surface area contributed by atoms with Crippen molar-refractivity contribution < 1.29 is 36.8 Å². The Morgan fingerprint density at radius 2 is 1.56 bits per heavy atom. The van der Waals surface area contributed by atoms with Crippen LogP contribution in [0.25, 0.3) is 33.3 Å². The smallest absolute Gasteiger partial charge is 0.465 e. The zero-order valence-corrected chi connectivity index (χ0v) is 24.4. The van der Waals surface area contributed by atoms with Crippen LogP contribution < -0.4 is 10.6 Å². The molecular formula is C33H27F3N4O5. The number of methoxy groups -OCH3 is 1. The van der Waals surface area contributed by atoms with Gasteiger partial charge in [-0.2, -0.15) is 18.2 Å². The topological polar surface area (TPSA) is 123 Å². The molecule has 0 aliphatic carbocycles. The number of ether oxygens (including phenoxy) is 1. The van der Waals surface area contributed by atoms with E-state index in [4.69, 9.17) is 4.74 Å². The molecule has 0 saturated heterocycles. The van der Waals surface area contributed by atoms with Crippen molar-refractivity contribution in [2.75, 3.05) is 19.0 Å². The number of carbonyl (C=O) groups excluding carboxylic acids is 3. The Balaban J connectivity index is 1.51. The van der Waals surface area contributed by atoms with Gasteiger partial charge < -0.3 is 19.9 Å². The second kappa shape index (κ2) is 12.6. The maximum Gasteiger partial charge on any atom is 0.471 e. The van der Waals surface area contributed by atoms with E-state index in [1.54, 1.807) is 24.3 Å². The molecule has 0 radical (unpaired) electrons. The number of aromatic nitrogens is 2. The Labute approximate surface area is 255 Å². The quantitative estimate of drug-likeness (QED) is 0.180. The number of fused-ring (bicyclic) bond motifs is 1. The molecule has 0 saturated carbocycles. The van der Waals surface area contributed by atoms with Crippen molar-refractivity contribution in [1.29, 1.82) is 0 Å². The largest absolute Gasteiger partial charge is 0.471 e. The number of halogens is 3. The van der Waals surface area contributed by atoms with Gasteiger partial charge >= 0.3 is 18.0 Å². The molecule has 0 aliphatic rings. The number of benzene rings is 4. The summed E-state index contributed by atoms with van der Waals surface area (Å²) in [6.45, 7) is 4.38. The fourth-order valence-corrected chi connectivity index (χ4v) is 4.61. The number of nitrogens with zero attached hydrogens (tertiary/aromatic N) is 2. The lowest BCUT2D eigenvalue weighted by atomic mass is 9.91. The summed E-state index contributed by atoms with van der Waals surface area (Å²) < 4.78 is 47.9. The number of amides is 2. The highest BCUT2D eigenvalue weighted by molar-refractivity contribution is 6.13. The van der Waals surface area contributed by atoms with E-state index >= 15 is 0 Å². The van der Waals surface area contributed by atoms with Crippen molar-refractivity contribution in [3.05, 3.63) is 101 Å². The van der Waals surface area contributed by atoms with Gasteiger partial charge in [0.2, 0.25) is 5.82 Å². The molecule has 0 fully saturated rings. The zero-order chi connectivity index (χ0) is 32.3. The molecule has 2 amide bonds. The lowest BCUT2D eigenvalue weighted by Crippen LogP contribution is -2.27. The predicted octanol–water partition coefficient (Wildman–Crippen LogP) is 7.00. The van der Waals surface area contributed by atoms with E-state index in [0.29, 0.717) is 23.4 Å². The maximum atomic E-state index is 13.7. The summed E-state index contributed by atoms with van der Waals surface area (Å²) >= 11 is 0. The molecule has 0 bridgehead atoms. The summed E-state index contributed by atoms with van der Waals surface area (Å²) in [5, 5.41) is 10.6. The van der Waals surface area contributed by atoms with Crippen LogP contribution in [0.4, 0.5) is 18.9 Å². The first-order valence-corrected chi connectivity index (χ1v) is 13.8. The van der Waals surface area contributed by atoms with Crippen LogP contribution in [0.2, 0.25) is 0 Å². The van der Waals surface area contributed by atoms with Crippen molar-refractivity contribution in [2.24, 2.45) is 5.92 Å². The van der Waals surface area contributed by atoms with Crippen molar-refractivity contribution in [3.63, 3.8) is 0 Å². The average Bonchev–Trinajstić information content (AvgIpc) is 3.54. The van der Waals surface area contributed by atoms with Gasteiger partial charge in [0, 0.05) is 28.9 Å². The number of rotatable bonds is 8. The minimum atomic E-state index is -4.77. The van der Waals surface area contributed by atoms with Crippen LogP contribution in [0, 0.1) is 5.92 Å². The minimum Gasteiger partial charge on any atom is -0.465 e. The molecule has 0 aliphatic heterocycles. The molecule has 9 nitrogen and oxygen atoms in total. The van der Waals surface area contributed by atoms with Gasteiger partial charge in [0.25, 0.3) is 11.8 Å². The normalized spacial score (nSPS) is 11.4. The number of alkyl halides is 3.